The predicted octanol–water partition coefficient (Wildman–Crippen LogP) is 3.41. The molecule has 2 aromatic rings. The van der Waals surface area contributed by atoms with Gasteiger partial charge in [0.05, 0.1) is 5.70 Å². The number of nitriles is 1. The quantitative estimate of drug-likeness (QED) is 0.591. The summed E-state index contributed by atoms with van der Waals surface area (Å²) in [6.07, 6.45) is 0.790. The van der Waals surface area contributed by atoms with Gasteiger partial charge in [0.1, 0.15) is 23.3 Å². The van der Waals surface area contributed by atoms with Gasteiger partial charge in [0.25, 0.3) is 11.8 Å². The molecule has 2 aromatic carbocycles. The zero-order chi connectivity index (χ0) is 21.7. The molecule has 2 N–H and O–H groups in total. The molecule has 1 aliphatic rings. The first-order chi connectivity index (χ1) is 14.4. The van der Waals surface area contributed by atoms with Crippen LogP contribution in [0.2, 0.25) is 0 Å². The van der Waals surface area contributed by atoms with E-state index in [-0.39, 0.29) is 22.7 Å². The topological polar surface area (TPSA) is 94.3 Å². The van der Waals surface area contributed by atoms with Crippen molar-refractivity contribution in [1.29, 1.82) is 5.26 Å². The van der Waals surface area contributed by atoms with Crippen LogP contribution in [0.1, 0.15) is 41.8 Å². The molecule has 0 saturated heterocycles. The minimum absolute atomic E-state index is 0.114. The molecule has 0 radical (unpaired) electrons. The second kappa shape index (κ2) is 9.14. The van der Waals surface area contributed by atoms with Crippen molar-refractivity contribution in [3.05, 3.63) is 76.6 Å². The maximum absolute atomic E-state index is 13.1. The van der Waals surface area contributed by atoms with Crippen molar-refractivity contribution in [2.45, 2.75) is 20.3 Å². The number of nitrogens with zero attached hydrogens (tertiary/aromatic N) is 2. The lowest BCUT2D eigenvalue weighted by atomic mass is 10.0. The molecule has 0 saturated carbocycles. The van der Waals surface area contributed by atoms with E-state index in [9.17, 15) is 19.2 Å². The lowest BCUT2D eigenvalue weighted by molar-refractivity contribution is -0.117. The molecule has 1 aliphatic heterocycles. The number of carbonyl (C=O) groups excluding carboxylic acids is 2. The average molecular weight is 404 g/mol. The summed E-state index contributed by atoms with van der Waals surface area (Å²) < 4.78 is 13.1. The van der Waals surface area contributed by atoms with Crippen LogP contribution in [-0.4, -0.2) is 24.2 Å². The van der Waals surface area contributed by atoms with Gasteiger partial charge in [-0.1, -0.05) is 38.1 Å². The number of amides is 2. The van der Waals surface area contributed by atoms with Crippen LogP contribution in [0.15, 0.2) is 59.1 Å². The van der Waals surface area contributed by atoms with Crippen molar-refractivity contribution in [3.8, 4) is 6.07 Å². The first kappa shape index (κ1) is 20.9. The summed E-state index contributed by atoms with van der Waals surface area (Å²) in [5.41, 5.74) is 1.55. The lowest BCUT2D eigenvalue weighted by Gasteiger charge is -2.07. The Morgan fingerprint density at radius 1 is 1.10 bits per heavy atom. The Labute approximate surface area is 174 Å². The maximum atomic E-state index is 13.1. The molecule has 0 spiro atoms. The van der Waals surface area contributed by atoms with E-state index >= 15 is 0 Å². The van der Waals surface area contributed by atoms with Gasteiger partial charge in [-0.2, -0.15) is 5.26 Å². The standard InChI is InChI=1S/C23H21FN4O2/c1-14(2)11-12-26-23(30)19(13-25)20-17-5-3-4-6-18(17)21(27-20)28-22(29)15-7-9-16(24)10-8-15/h3-10,14H,11-12H2,1-2H3,(H,26,30)(H,27,28,29). The Morgan fingerprint density at radius 3 is 2.40 bits per heavy atom. The van der Waals surface area contributed by atoms with Crippen LogP contribution in [0.3, 0.4) is 0 Å². The van der Waals surface area contributed by atoms with Crippen molar-refractivity contribution in [2.24, 2.45) is 10.9 Å². The molecule has 3 rings (SSSR count). The van der Waals surface area contributed by atoms with Gasteiger partial charge in [-0.3, -0.25) is 9.59 Å². The highest BCUT2D eigenvalue weighted by Gasteiger charge is 2.27. The Bertz CT molecular complexity index is 1080. The summed E-state index contributed by atoms with van der Waals surface area (Å²) >= 11 is 0. The summed E-state index contributed by atoms with van der Waals surface area (Å²) in [5.74, 6) is -0.760. The molecule has 7 heteroatoms. The fourth-order valence-electron chi connectivity index (χ4n) is 2.97. The number of hydrogen-bond acceptors (Lipinski definition) is 4. The second-order valence-corrected chi connectivity index (χ2v) is 7.24. The van der Waals surface area contributed by atoms with Crippen molar-refractivity contribution in [3.63, 3.8) is 0 Å². The molecule has 1 heterocycles. The fraction of sp³-hybridized carbons (Fsp3) is 0.217. The minimum atomic E-state index is -0.502. The molecule has 0 fully saturated rings. The molecule has 0 aromatic heterocycles. The van der Waals surface area contributed by atoms with Crippen LogP contribution in [-0.2, 0) is 4.79 Å². The molecular formula is C23H21FN4O2. The number of halogens is 1. The molecule has 152 valence electrons. The smallest absolute Gasteiger partial charge is 0.264 e. The SMILES string of the molecule is CC(C)CCNC(=O)C(C#N)=C1N=C(NC(=O)c2ccc(F)cc2)c2ccccc21. The molecule has 0 bridgehead atoms. The van der Waals surface area contributed by atoms with E-state index in [1.807, 2.05) is 19.9 Å². The van der Waals surface area contributed by atoms with E-state index in [1.54, 1.807) is 24.3 Å². The van der Waals surface area contributed by atoms with E-state index in [1.165, 1.54) is 24.3 Å². The first-order valence-electron chi connectivity index (χ1n) is 9.58. The van der Waals surface area contributed by atoms with Gasteiger partial charge in [0, 0.05) is 23.2 Å². The minimum Gasteiger partial charge on any atom is -0.351 e. The third kappa shape index (κ3) is 4.61. The van der Waals surface area contributed by atoms with Crippen LogP contribution in [0.5, 0.6) is 0 Å². The van der Waals surface area contributed by atoms with Gasteiger partial charge < -0.3 is 10.6 Å². The number of rotatable bonds is 5. The predicted molar refractivity (Wildman–Crippen MR) is 112 cm³/mol. The average Bonchev–Trinajstić information content (AvgIpc) is 3.07. The van der Waals surface area contributed by atoms with Gasteiger partial charge in [-0.25, -0.2) is 9.38 Å². The van der Waals surface area contributed by atoms with Crippen molar-refractivity contribution in [1.82, 2.24) is 10.6 Å². The van der Waals surface area contributed by atoms with Gasteiger partial charge in [0.2, 0.25) is 0 Å². The number of carbonyl (C=O) groups is 2. The van der Waals surface area contributed by atoms with Crippen molar-refractivity contribution >= 4 is 23.3 Å². The highest BCUT2D eigenvalue weighted by atomic mass is 19.1. The van der Waals surface area contributed by atoms with Crippen LogP contribution in [0.4, 0.5) is 4.39 Å². The van der Waals surface area contributed by atoms with E-state index in [2.05, 4.69) is 15.6 Å². The van der Waals surface area contributed by atoms with Gasteiger partial charge in [-0.15, -0.1) is 0 Å². The highest BCUT2D eigenvalue weighted by molar-refractivity contribution is 6.20. The second-order valence-electron chi connectivity index (χ2n) is 7.24. The molecule has 30 heavy (non-hydrogen) atoms. The van der Waals surface area contributed by atoms with E-state index in [4.69, 9.17) is 0 Å². The Hall–Kier alpha value is -3.79. The molecule has 2 amide bonds. The van der Waals surface area contributed by atoms with Gasteiger partial charge in [-0.05, 0) is 36.6 Å². The summed E-state index contributed by atoms with van der Waals surface area (Å²) in [6.45, 7) is 4.54. The summed E-state index contributed by atoms with van der Waals surface area (Å²) in [6, 6.07) is 14.1. The van der Waals surface area contributed by atoms with Crippen LogP contribution in [0, 0.1) is 23.1 Å². The number of amidine groups is 1. The number of hydrogen-bond donors (Lipinski definition) is 2. The summed E-state index contributed by atoms with van der Waals surface area (Å²) in [5, 5.41) is 15.0. The van der Waals surface area contributed by atoms with Crippen LogP contribution >= 0.6 is 0 Å². The lowest BCUT2D eigenvalue weighted by Crippen LogP contribution is -2.30. The highest BCUT2D eigenvalue weighted by Crippen LogP contribution is 2.30. The number of benzene rings is 2. The van der Waals surface area contributed by atoms with Crippen molar-refractivity contribution in [2.75, 3.05) is 6.54 Å². The van der Waals surface area contributed by atoms with E-state index < -0.39 is 17.6 Å². The van der Waals surface area contributed by atoms with E-state index in [0.29, 0.717) is 23.6 Å². The Kier molecular flexibility index (Phi) is 6.38. The molecule has 0 unspecified atom stereocenters. The summed E-state index contributed by atoms with van der Waals surface area (Å²) in [7, 11) is 0. The summed E-state index contributed by atoms with van der Waals surface area (Å²) in [4.78, 5) is 29.5. The Morgan fingerprint density at radius 2 is 1.77 bits per heavy atom. The number of fused-ring (bicyclic) bond motifs is 1. The van der Waals surface area contributed by atoms with Crippen molar-refractivity contribution < 1.29 is 14.0 Å². The van der Waals surface area contributed by atoms with Gasteiger partial charge >= 0.3 is 0 Å². The Balaban J connectivity index is 1.91. The normalized spacial score (nSPS) is 13.9. The third-order valence-electron chi connectivity index (χ3n) is 4.58. The zero-order valence-electron chi connectivity index (χ0n) is 16.7. The number of nitrogens with one attached hydrogen (secondary N) is 2. The van der Waals surface area contributed by atoms with E-state index in [0.717, 1.165) is 6.42 Å². The first-order valence-corrected chi connectivity index (χ1v) is 9.58. The third-order valence-corrected chi connectivity index (χ3v) is 4.58. The van der Waals surface area contributed by atoms with Crippen LogP contribution < -0.4 is 10.6 Å². The molecule has 0 atom stereocenters. The maximum Gasteiger partial charge on any atom is 0.264 e. The zero-order valence-corrected chi connectivity index (χ0v) is 16.7. The van der Waals surface area contributed by atoms with Gasteiger partial charge in [0.15, 0.2) is 0 Å². The number of aliphatic imine (C=N–C) groups is 1. The molecular weight excluding hydrogens is 383 g/mol. The molecule has 0 aliphatic carbocycles. The largest absolute Gasteiger partial charge is 0.351 e. The molecule has 6 nitrogen and oxygen atoms in total. The monoisotopic (exact) mass is 404 g/mol. The fourth-order valence-corrected chi connectivity index (χ4v) is 2.97. The van der Waals surface area contributed by atoms with Crippen LogP contribution in [0.25, 0.3) is 5.70 Å².